The average Bonchev–Trinajstić information content (AvgIpc) is 2.98. The van der Waals surface area contributed by atoms with Crippen LogP contribution in [0, 0.1) is 5.82 Å². The van der Waals surface area contributed by atoms with Crippen molar-refractivity contribution in [3.8, 4) is 0 Å². The van der Waals surface area contributed by atoms with Gasteiger partial charge in [0.1, 0.15) is 11.5 Å². The molecule has 2 aromatic rings. The maximum absolute atomic E-state index is 13.3. The summed E-state index contributed by atoms with van der Waals surface area (Å²) in [5.41, 5.74) is 0.726. The standard InChI is InChI=1S/C17H22FN3O2.ClH/c18-13-2-3-14-15(10-13)23-20-16(14)12-4-8-21(9-5-12)17(22)6-1-7-19-11-17;/h2-3,10,12,19,22H,1,4-9,11H2;1H. The van der Waals surface area contributed by atoms with Gasteiger partial charge in [-0.2, -0.15) is 0 Å². The van der Waals surface area contributed by atoms with Crippen molar-refractivity contribution in [2.24, 2.45) is 0 Å². The predicted octanol–water partition coefficient (Wildman–Crippen LogP) is 2.64. The van der Waals surface area contributed by atoms with Crippen LogP contribution in [0.25, 0.3) is 11.0 Å². The Labute approximate surface area is 146 Å². The van der Waals surface area contributed by atoms with Crippen LogP contribution >= 0.6 is 12.4 Å². The summed E-state index contributed by atoms with van der Waals surface area (Å²) in [5.74, 6) is 0.000140. The van der Waals surface area contributed by atoms with Crippen molar-refractivity contribution >= 4 is 23.4 Å². The predicted molar refractivity (Wildman–Crippen MR) is 91.8 cm³/mol. The van der Waals surface area contributed by atoms with Gasteiger partial charge in [0.15, 0.2) is 5.58 Å². The quantitative estimate of drug-likeness (QED) is 0.867. The van der Waals surface area contributed by atoms with Crippen molar-refractivity contribution < 1.29 is 14.0 Å². The summed E-state index contributed by atoms with van der Waals surface area (Å²) < 4.78 is 18.5. The molecule has 0 amide bonds. The molecule has 0 bridgehead atoms. The fraction of sp³-hybridized carbons (Fsp3) is 0.588. The van der Waals surface area contributed by atoms with E-state index in [1.807, 2.05) is 0 Å². The zero-order valence-electron chi connectivity index (χ0n) is 13.5. The van der Waals surface area contributed by atoms with Crippen LogP contribution in [-0.4, -0.2) is 47.1 Å². The van der Waals surface area contributed by atoms with Gasteiger partial charge in [0.05, 0.1) is 5.69 Å². The average molecular weight is 356 g/mol. The highest BCUT2D eigenvalue weighted by Gasteiger charge is 2.38. The Morgan fingerprint density at radius 2 is 2.12 bits per heavy atom. The van der Waals surface area contributed by atoms with Gasteiger partial charge < -0.3 is 14.9 Å². The maximum Gasteiger partial charge on any atom is 0.170 e. The Balaban J connectivity index is 0.00000169. The third-order valence-electron chi connectivity index (χ3n) is 5.27. The van der Waals surface area contributed by atoms with E-state index in [-0.39, 0.29) is 18.2 Å². The van der Waals surface area contributed by atoms with Gasteiger partial charge >= 0.3 is 0 Å². The number of rotatable bonds is 2. The second-order valence-electron chi connectivity index (χ2n) is 6.73. The monoisotopic (exact) mass is 355 g/mol. The van der Waals surface area contributed by atoms with Gasteiger partial charge in [0.25, 0.3) is 0 Å². The van der Waals surface area contributed by atoms with Crippen molar-refractivity contribution in [2.75, 3.05) is 26.2 Å². The molecule has 1 aromatic carbocycles. The molecule has 7 heteroatoms. The van der Waals surface area contributed by atoms with E-state index < -0.39 is 5.72 Å². The number of hydrogen-bond donors (Lipinski definition) is 2. The van der Waals surface area contributed by atoms with Crippen molar-refractivity contribution in [3.05, 3.63) is 29.7 Å². The van der Waals surface area contributed by atoms with Crippen molar-refractivity contribution in [1.82, 2.24) is 15.4 Å². The largest absolute Gasteiger partial charge is 0.374 e. The van der Waals surface area contributed by atoms with Crippen LogP contribution in [0.4, 0.5) is 4.39 Å². The van der Waals surface area contributed by atoms with E-state index >= 15 is 0 Å². The lowest BCUT2D eigenvalue weighted by Gasteiger charge is -2.45. The third-order valence-corrected chi connectivity index (χ3v) is 5.27. The Kier molecular flexibility index (Phi) is 5.11. The summed E-state index contributed by atoms with van der Waals surface area (Å²) in [6.45, 7) is 3.32. The fourth-order valence-electron chi connectivity index (χ4n) is 3.94. The molecule has 2 N–H and O–H groups in total. The number of hydrogen-bond acceptors (Lipinski definition) is 5. The number of aliphatic hydroxyl groups is 1. The molecule has 4 rings (SSSR count). The molecule has 132 valence electrons. The van der Waals surface area contributed by atoms with E-state index in [4.69, 9.17) is 4.52 Å². The summed E-state index contributed by atoms with van der Waals surface area (Å²) in [7, 11) is 0. The number of fused-ring (bicyclic) bond motifs is 1. The fourth-order valence-corrected chi connectivity index (χ4v) is 3.94. The highest BCUT2D eigenvalue weighted by atomic mass is 35.5. The Morgan fingerprint density at radius 3 is 2.83 bits per heavy atom. The summed E-state index contributed by atoms with van der Waals surface area (Å²) >= 11 is 0. The van der Waals surface area contributed by atoms with Crippen molar-refractivity contribution in [2.45, 2.75) is 37.3 Å². The summed E-state index contributed by atoms with van der Waals surface area (Å²) in [6.07, 6.45) is 3.70. The molecule has 1 atom stereocenters. The zero-order chi connectivity index (χ0) is 15.9. The molecule has 0 spiro atoms. The van der Waals surface area contributed by atoms with Crippen LogP contribution in [0.2, 0.25) is 0 Å². The Morgan fingerprint density at radius 1 is 1.33 bits per heavy atom. The number of halogens is 2. The van der Waals surface area contributed by atoms with Gasteiger partial charge in [-0.15, -0.1) is 12.4 Å². The molecule has 2 saturated heterocycles. The van der Waals surface area contributed by atoms with Gasteiger partial charge in [0.2, 0.25) is 0 Å². The molecule has 3 heterocycles. The SMILES string of the molecule is Cl.OC1(N2CCC(c3noc4cc(F)ccc34)CC2)CCCNC1. The Bertz CT molecular complexity index is 694. The normalized spacial score (nSPS) is 26.4. The molecule has 2 aliphatic rings. The molecule has 1 unspecified atom stereocenters. The van der Waals surface area contributed by atoms with Crippen molar-refractivity contribution in [1.29, 1.82) is 0 Å². The molecule has 0 saturated carbocycles. The molecular formula is C17H23ClFN3O2. The van der Waals surface area contributed by atoms with Crippen LogP contribution in [-0.2, 0) is 0 Å². The molecule has 2 aliphatic heterocycles. The zero-order valence-corrected chi connectivity index (χ0v) is 14.3. The van der Waals surface area contributed by atoms with E-state index in [1.165, 1.54) is 12.1 Å². The number of β-amino-alcohol motifs (C(OH)–C–C–N with tert-alkyl or cyclic N) is 1. The first-order chi connectivity index (χ1) is 11.2. The molecule has 0 radical (unpaired) electrons. The van der Waals surface area contributed by atoms with Crippen LogP contribution in [0.3, 0.4) is 0 Å². The number of aromatic nitrogens is 1. The lowest BCUT2D eigenvalue weighted by atomic mass is 9.89. The number of piperidine rings is 2. The van der Waals surface area contributed by atoms with E-state index in [9.17, 15) is 9.50 Å². The number of likely N-dealkylation sites (tertiary alicyclic amines) is 1. The molecular weight excluding hydrogens is 333 g/mol. The lowest BCUT2D eigenvalue weighted by molar-refractivity contribution is -0.129. The first-order valence-corrected chi connectivity index (χ1v) is 8.39. The molecule has 24 heavy (non-hydrogen) atoms. The van der Waals surface area contributed by atoms with E-state index in [1.54, 1.807) is 6.07 Å². The second-order valence-corrected chi connectivity index (χ2v) is 6.73. The van der Waals surface area contributed by atoms with Gasteiger partial charge in [-0.3, -0.25) is 4.90 Å². The number of nitrogens with zero attached hydrogens (tertiary/aromatic N) is 2. The summed E-state index contributed by atoms with van der Waals surface area (Å²) in [5, 5.41) is 19.2. The van der Waals surface area contributed by atoms with Crippen LogP contribution in [0.15, 0.2) is 22.7 Å². The minimum atomic E-state index is -0.710. The van der Waals surface area contributed by atoms with E-state index in [2.05, 4.69) is 15.4 Å². The second kappa shape index (κ2) is 6.96. The number of nitrogens with one attached hydrogen (secondary N) is 1. The van der Waals surface area contributed by atoms with Crippen molar-refractivity contribution in [3.63, 3.8) is 0 Å². The minimum absolute atomic E-state index is 0. The van der Waals surface area contributed by atoms with Crippen LogP contribution < -0.4 is 5.32 Å². The topological polar surface area (TPSA) is 61.5 Å². The van der Waals surface area contributed by atoms with Crippen LogP contribution in [0.5, 0.6) is 0 Å². The number of benzene rings is 1. The molecule has 2 fully saturated rings. The minimum Gasteiger partial charge on any atom is -0.374 e. The Hall–Kier alpha value is -1.21. The van der Waals surface area contributed by atoms with Gasteiger partial charge in [0, 0.05) is 37.0 Å². The van der Waals surface area contributed by atoms with Gasteiger partial charge in [-0.25, -0.2) is 4.39 Å². The van der Waals surface area contributed by atoms with E-state index in [0.29, 0.717) is 18.0 Å². The summed E-state index contributed by atoms with van der Waals surface area (Å²) in [4.78, 5) is 2.19. The lowest BCUT2D eigenvalue weighted by Crippen LogP contribution is -2.59. The molecule has 0 aliphatic carbocycles. The maximum atomic E-state index is 13.3. The molecule has 1 aromatic heterocycles. The first kappa shape index (κ1) is 17.6. The third kappa shape index (κ3) is 3.16. The van der Waals surface area contributed by atoms with Gasteiger partial charge in [-0.1, -0.05) is 5.16 Å². The summed E-state index contributed by atoms with van der Waals surface area (Å²) in [6, 6.07) is 4.59. The highest BCUT2D eigenvalue weighted by molar-refractivity contribution is 5.85. The van der Waals surface area contributed by atoms with E-state index in [0.717, 1.165) is 56.4 Å². The smallest absolute Gasteiger partial charge is 0.170 e. The van der Waals surface area contributed by atoms with Crippen LogP contribution in [0.1, 0.15) is 37.3 Å². The van der Waals surface area contributed by atoms with Gasteiger partial charge in [-0.05, 0) is 44.4 Å². The highest BCUT2D eigenvalue weighted by Crippen LogP contribution is 2.35. The first-order valence-electron chi connectivity index (χ1n) is 8.39. The molecule has 5 nitrogen and oxygen atoms in total.